The molecule has 0 radical (unpaired) electrons. The van der Waals surface area contributed by atoms with Gasteiger partial charge in [-0.05, 0) is 24.6 Å². The lowest BCUT2D eigenvalue weighted by Crippen LogP contribution is -2.15. The quantitative estimate of drug-likeness (QED) is 0.813. The lowest BCUT2D eigenvalue weighted by Gasteiger charge is -2.12. The fraction of sp³-hybridized carbons (Fsp3) is 0.214. The highest BCUT2D eigenvalue weighted by Gasteiger charge is 2.21. The standard InChI is InChI=1S/C14H15N3O5S/c1-9-15-7-11(8-16-9)17-23(20,21)13-5-10(6-14(18)19)3-4-12(13)22-2/h3-5,7-8,17H,6H2,1-2H3,(H,18,19). The molecule has 0 spiro atoms. The van der Waals surface area contributed by atoms with Gasteiger partial charge in [-0.1, -0.05) is 6.07 Å². The lowest BCUT2D eigenvalue weighted by atomic mass is 10.1. The van der Waals surface area contributed by atoms with E-state index in [1.165, 1.54) is 37.7 Å². The third-order valence-corrected chi connectivity index (χ3v) is 4.31. The summed E-state index contributed by atoms with van der Waals surface area (Å²) in [5.74, 6) is -0.438. The molecule has 0 saturated carbocycles. The van der Waals surface area contributed by atoms with Crippen molar-refractivity contribution in [3.05, 3.63) is 42.0 Å². The third kappa shape index (κ3) is 4.16. The molecule has 1 aromatic heterocycles. The van der Waals surface area contributed by atoms with E-state index in [2.05, 4.69) is 14.7 Å². The molecule has 1 aromatic carbocycles. The van der Waals surface area contributed by atoms with Gasteiger partial charge in [0.2, 0.25) is 0 Å². The van der Waals surface area contributed by atoms with Gasteiger partial charge in [0.15, 0.2) is 0 Å². The SMILES string of the molecule is COc1ccc(CC(=O)O)cc1S(=O)(=O)Nc1cnc(C)nc1. The number of methoxy groups -OCH3 is 1. The molecule has 9 heteroatoms. The van der Waals surface area contributed by atoms with E-state index < -0.39 is 16.0 Å². The molecule has 0 fully saturated rings. The second-order valence-corrected chi connectivity index (χ2v) is 6.33. The molecule has 2 rings (SSSR count). The van der Waals surface area contributed by atoms with E-state index in [4.69, 9.17) is 9.84 Å². The van der Waals surface area contributed by atoms with Crippen molar-refractivity contribution in [2.75, 3.05) is 11.8 Å². The zero-order chi connectivity index (χ0) is 17.0. The topological polar surface area (TPSA) is 118 Å². The molecular weight excluding hydrogens is 322 g/mol. The third-order valence-electron chi connectivity index (χ3n) is 2.91. The molecule has 23 heavy (non-hydrogen) atoms. The number of aliphatic carboxylic acids is 1. The van der Waals surface area contributed by atoms with Crippen molar-refractivity contribution >= 4 is 21.7 Å². The number of hydrogen-bond donors (Lipinski definition) is 2. The number of aryl methyl sites for hydroxylation is 1. The highest BCUT2D eigenvalue weighted by Crippen LogP contribution is 2.27. The second kappa shape index (κ2) is 6.61. The smallest absolute Gasteiger partial charge is 0.307 e. The van der Waals surface area contributed by atoms with Crippen LogP contribution in [-0.2, 0) is 21.2 Å². The summed E-state index contributed by atoms with van der Waals surface area (Å²) in [7, 11) is -2.64. The number of nitrogens with zero attached hydrogens (tertiary/aromatic N) is 2. The van der Waals surface area contributed by atoms with Crippen LogP contribution in [0, 0.1) is 6.92 Å². The maximum absolute atomic E-state index is 12.5. The fourth-order valence-electron chi connectivity index (χ4n) is 1.87. The van der Waals surface area contributed by atoms with Crippen molar-refractivity contribution in [2.45, 2.75) is 18.2 Å². The van der Waals surface area contributed by atoms with Gasteiger partial charge in [-0.2, -0.15) is 0 Å². The van der Waals surface area contributed by atoms with Crippen molar-refractivity contribution < 1.29 is 23.1 Å². The van der Waals surface area contributed by atoms with Gasteiger partial charge in [0, 0.05) is 0 Å². The van der Waals surface area contributed by atoms with Crippen molar-refractivity contribution in [3.63, 3.8) is 0 Å². The molecule has 0 saturated heterocycles. The van der Waals surface area contributed by atoms with Crippen molar-refractivity contribution in [1.29, 1.82) is 0 Å². The number of sulfonamides is 1. The van der Waals surface area contributed by atoms with Crippen LogP contribution in [0.1, 0.15) is 11.4 Å². The van der Waals surface area contributed by atoms with Crippen LogP contribution in [-0.4, -0.2) is 36.6 Å². The minimum atomic E-state index is -3.98. The highest BCUT2D eigenvalue weighted by atomic mass is 32.2. The average molecular weight is 337 g/mol. The van der Waals surface area contributed by atoms with E-state index in [1.54, 1.807) is 6.92 Å². The highest BCUT2D eigenvalue weighted by molar-refractivity contribution is 7.92. The fourth-order valence-corrected chi connectivity index (χ4v) is 3.12. The average Bonchev–Trinajstić information content (AvgIpc) is 2.49. The zero-order valence-corrected chi connectivity index (χ0v) is 13.3. The van der Waals surface area contributed by atoms with Gasteiger partial charge in [-0.25, -0.2) is 18.4 Å². The van der Waals surface area contributed by atoms with Gasteiger partial charge in [0.1, 0.15) is 16.5 Å². The number of aromatic nitrogens is 2. The molecule has 0 aliphatic heterocycles. The summed E-state index contributed by atoms with van der Waals surface area (Å²) < 4.78 is 32.4. The van der Waals surface area contributed by atoms with E-state index in [0.29, 0.717) is 11.4 Å². The van der Waals surface area contributed by atoms with Gasteiger partial charge in [0.05, 0.1) is 31.6 Å². The number of benzene rings is 1. The maximum Gasteiger partial charge on any atom is 0.307 e. The van der Waals surface area contributed by atoms with Crippen molar-refractivity contribution in [2.24, 2.45) is 0 Å². The zero-order valence-electron chi connectivity index (χ0n) is 12.5. The maximum atomic E-state index is 12.5. The van der Waals surface area contributed by atoms with Gasteiger partial charge >= 0.3 is 5.97 Å². The number of nitrogens with one attached hydrogen (secondary N) is 1. The molecule has 0 bridgehead atoms. The number of ether oxygens (including phenoxy) is 1. The minimum Gasteiger partial charge on any atom is -0.495 e. The monoisotopic (exact) mass is 337 g/mol. The summed E-state index contributed by atoms with van der Waals surface area (Å²) in [5, 5.41) is 8.84. The Labute approximate surface area is 133 Å². The van der Waals surface area contributed by atoms with E-state index in [9.17, 15) is 13.2 Å². The van der Waals surface area contributed by atoms with Gasteiger partial charge in [0.25, 0.3) is 10.0 Å². The molecule has 8 nitrogen and oxygen atoms in total. The Kier molecular flexibility index (Phi) is 4.80. The summed E-state index contributed by atoms with van der Waals surface area (Å²) >= 11 is 0. The first-order valence-corrected chi connectivity index (χ1v) is 8.00. The molecule has 0 aliphatic carbocycles. The molecule has 0 atom stereocenters. The first-order chi connectivity index (χ1) is 10.8. The number of rotatable bonds is 6. The number of carbonyl (C=O) groups is 1. The summed E-state index contributed by atoms with van der Waals surface area (Å²) in [6.07, 6.45) is 2.39. The number of carboxylic acid groups (broad SMARTS) is 1. The van der Waals surface area contributed by atoms with Gasteiger partial charge in [-0.3, -0.25) is 9.52 Å². The van der Waals surface area contributed by atoms with Crippen LogP contribution in [0.2, 0.25) is 0 Å². The van der Waals surface area contributed by atoms with Gasteiger partial charge in [-0.15, -0.1) is 0 Å². The summed E-state index contributed by atoms with van der Waals surface area (Å²) in [6.45, 7) is 1.68. The van der Waals surface area contributed by atoms with E-state index >= 15 is 0 Å². The van der Waals surface area contributed by atoms with Crippen molar-refractivity contribution in [1.82, 2.24) is 9.97 Å². The van der Waals surface area contributed by atoms with Crippen LogP contribution in [0.4, 0.5) is 5.69 Å². The Morgan fingerprint density at radius 2 is 1.96 bits per heavy atom. The number of anilines is 1. The van der Waals surface area contributed by atoms with Crippen LogP contribution in [0.5, 0.6) is 5.75 Å². The van der Waals surface area contributed by atoms with E-state index in [1.807, 2.05) is 0 Å². The van der Waals surface area contributed by atoms with Crippen LogP contribution in [0.15, 0.2) is 35.5 Å². The molecule has 2 N–H and O–H groups in total. The second-order valence-electron chi connectivity index (χ2n) is 4.68. The Hall–Kier alpha value is -2.68. The predicted molar refractivity (Wildman–Crippen MR) is 81.9 cm³/mol. The molecule has 0 unspecified atom stereocenters. The molecule has 122 valence electrons. The molecule has 1 heterocycles. The number of hydrogen-bond acceptors (Lipinski definition) is 6. The first-order valence-electron chi connectivity index (χ1n) is 6.52. The lowest BCUT2D eigenvalue weighted by molar-refractivity contribution is -0.136. The minimum absolute atomic E-state index is 0.111. The van der Waals surface area contributed by atoms with Crippen LogP contribution in [0.3, 0.4) is 0 Å². The molecule has 0 aliphatic rings. The van der Waals surface area contributed by atoms with E-state index in [0.717, 1.165) is 0 Å². The number of carboxylic acids is 1. The molecule has 2 aromatic rings. The Balaban J connectivity index is 2.40. The Morgan fingerprint density at radius 1 is 1.30 bits per heavy atom. The summed E-state index contributed by atoms with van der Waals surface area (Å²) in [5.41, 5.74) is 0.542. The Morgan fingerprint density at radius 3 is 2.52 bits per heavy atom. The van der Waals surface area contributed by atoms with E-state index in [-0.39, 0.29) is 22.8 Å². The Bertz CT molecular complexity index is 819. The molecular formula is C14H15N3O5S. The van der Waals surface area contributed by atoms with Crippen molar-refractivity contribution in [3.8, 4) is 5.75 Å². The summed E-state index contributed by atoms with van der Waals surface area (Å²) in [6, 6.07) is 4.18. The largest absolute Gasteiger partial charge is 0.495 e. The molecule has 0 amide bonds. The van der Waals surface area contributed by atoms with Crippen LogP contribution >= 0.6 is 0 Å². The van der Waals surface area contributed by atoms with Gasteiger partial charge < -0.3 is 9.84 Å². The normalized spacial score (nSPS) is 11.0. The van der Waals surface area contributed by atoms with Crippen LogP contribution in [0.25, 0.3) is 0 Å². The first kappa shape index (κ1) is 16.7. The van der Waals surface area contributed by atoms with Crippen LogP contribution < -0.4 is 9.46 Å². The predicted octanol–water partition coefficient (Wildman–Crippen LogP) is 1.22. The summed E-state index contributed by atoms with van der Waals surface area (Å²) in [4.78, 5) is 18.5.